The average Bonchev–Trinajstić information content (AvgIpc) is 3.28. The van der Waals surface area contributed by atoms with E-state index in [2.05, 4.69) is 9.04 Å². The van der Waals surface area contributed by atoms with Gasteiger partial charge in [-0.25, -0.2) is 4.31 Å². The van der Waals surface area contributed by atoms with Crippen LogP contribution in [0.15, 0.2) is 70.6 Å². The van der Waals surface area contributed by atoms with E-state index in [0.29, 0.717) is 13.1 Å². The van der Waals surface area contributed by atoms with Crippen LogP contribution in [0.3, 0.4) is 0 Å². The molecule has 1 N–H and O–H groups in total. The maximum Gasteiger partial charge on any atom is 0.387 e. The molecule has 2 aliphatic rings. The monoisotopic (exact) mass is 446 g/mol. The van der Waals surface area contributed by atoms with Crippen molar-refractivity contribution >= 4 is 17.9 Å². The SMILES string of the molecule is CC(O)C(C(=O)N1CC2=C(CN(Sc3ccc(OC(F)F)cc3)C2)C1)c1ccccc1. The molecular weight excluding hydrogens is 422 g/mol. The minimum absolute atomic E-state index is 0.0515. The molecule has 1 amide bonds. The number of hydrogen-bond acceptors (Lipinski definition) is 5. The third-order valence-electron chi connectivity index (χ3n) is 5.50. The van der Waals surface area contributed by atoms with Gasteiger partial charge in [0, 0.05) is 31.1 Å². The van der Waals surface area contributed by atoms with E-state index >= 15 is 0 Å². The summed E-state index contributed by atoms with van der Waals surface area (Å²) in [6.45, 7) is 1.45. The predicted molar refractivity (Wildman–Crippen MR) is 115 cm³/mol. The Bertz CT molecular complexity index is 933. The van der Waals surface area contributed by atoms with E-state index in [1.54, 1.807) is 31.0 Å². The molecule has 0 fully saturated rings. The van der Waals surface area contributed by atoms with Gasteiger partial charge in [-0.2, -0.15) is 8.78 Å². The van der Waals surface area contributed by atoms with Gasteiger partial charge >= 0.3 is 6.61 Å². The summed E-state index contributed by atoms with van der Waals surface area (Å²) in [7, 11) is 0. The molecule has 0 aliphatic carbocycles. The van der Waals surface area contributed by atoms with Crippen molar-refractivity contribution in [2.75, 3.05) is 26.2 Å². The van der Waals surface area contributed by atoms with Crippen LogP contribution in [0.2, 0.25) is 0 Å². The Labute approximate surface area is 184 Å². The molecule has 8 heteroatoms. The number of ether oxygens (including phenoxy) is 1. The zero-order valence-electron chi connectivity index (χ0n) is 17.1. The number of halogens is 2. The lowest BCUT2D eigenvalue weighted by Crippen LogP contribution is -2.39. The molecule has 2 aromatic rings. The average molecular weight is 447 g/mol. The molecule has 2 atom stereocenters. The Morgan fingerprint density at radius 2 is 1.61 bits per heavy atom. The quantitative estimate of drug-likeness (QED) is 0.516. The Morgan fingerprint density at radius 1 is 1.00 bits per heavy atom. The smallest absolute Gasteiger partial charge is 0.387 e. The van der Waals surface area contributed by atoms with Crippen LogP contribution in [-0.4, -0.2) is 59.1 Å². The highest BCUT2D eigenvalue weighted by Crippen LogP contribution is 2.35. The first-order valence-electron chi connectivity index (χ1n) is 10.1. The van der Waals surface area contributed by atoms with Crippen molar-refractivity contribution in [3.8, 4) is 5.75 Å². The van der Waals surface area contributed by atoms with Crippen LogP contribution >= 0.6 is 11.9 Å². The molecule has 4 rings (SSSR count). The van der Waals surface area contributed by atoms with Crippen molar-refractivity contribution in [1.29, 1.82) is 0 Å². The lowest BCUT2D eigenvalue weighted by atomic mass is 9.93. The fourth-order valence-corrected chi connectivity index (χ4v) is 5.08. The summed E-state index contributed by atoms with van der Waals surface area (Å²) in [4.78, 5) is 15.9. The third kappa shape index (κ3) is 5.08. The van der Waals surface area contributed by atoms with E-state index in [1.807, 2.05) is 35.2 Å². The van der Waals surface area contributed by atoms with E-state index in [9.17, 15) is 18.7 Å². The molecule has 0 aromatic heterocycles. The second-order valence-corrected chi connectivity index (χ2v) is 8.94. The Balaban J connectivity index is 1.33. The van der Waals surface area contributed by atoms with Gasteiger partial charge in [0.05, 0.1) is 12.0 Å². The van der Waals surface area contributed by atoms with Crippen LogP contribution in [0.5, 0.6) is 5.75 Å². The number of alkyl halides is 2. The van der Waals surface area contributed by atoms with E-state index in [1.165, 1.54) is 23.3 Å². The van der Waals surface area contributed by atoms with Gasteiger partial charge in [-0.3, -0.25) is 4.79 Å². The van der Waals surface area contributed by atoms with Crippen molar-refractivity contribution in [3.63, 3.8) is 0 Å². The van der Waals surface area contributed by atoms with Crippen molar-refractivity contribution < 1.29 is 23.4 Å². The summed E-state index contributed by atoms with van der Waals surface area (Å²) in [6.07, 6.45) is -0.769. The molecule has 2 aliphatic heterocycles. The van der Waals surface area contributed by atoms with Crippen LogP contribution in [0.4, 0.5) is 8.78 Å². The summed E-state index contributed by atoms with van der Waals surface area (Å²) in [5.74, 6) is -0.480. The van der Waals surface area contributed by atoms with E-state index in [0.717, 1.165) is 23.5 Å². The Morgan fingerprint density at radius 3 is 2.16 bits per heavy atom. The highest BCUT2D eigenvalue weighted by molar-refractivity contribution is 7.97. The van der Waals surface area contributed by atoms with Gasteiger partial charge in [0.15, 0.2) is 0 Å². The van der Waals surface area contributed by atoms with Crippen molar-refractivity contribution in [2.24, 2.45) is 0 Å². The number of hydrogen-bond donors (Lipinski definition) is 1. The fraction of sp³-hybridized carbons (Fsp3) is 0.348. The molecule has 2 unspecified atom stereocenters. The molecule has 31 heavy (non-hydrogen) atoms. The molecule has 0 saturated carbocycles. The van der Waals surface area contributed by atoms with Gasteiger partial charge in [0.2, 0.25) is 5.91 Å². The number of rotatable bonds is 7. The number of benzene rings is 2. The van der Waals surface area contributed by atoms with Crippen LogP contribution < -0.4 is 4.74 Å². The number of nitrogens with zero attached hydrogens (tertiary/aromatic N) is 2. The Hall–Kier alpha value is -2.42. The second-order valence-electron chi connectivity index (χ2n) is 7.77. The largest absolute Gasteiger partial charge is 0.435 e. The van der Waals surface area contributed by atoms with Crippen LogP contribution in [0, 0.1) is 0 Å². The van der Waals surface area contributed by atoms with Crippen molar-refractivity contribution in [1.82, 2.24) is 9.21 Å². The number of amides is 1. The van der Waals surface area contributed by atoms with Gasteiger partial charge in [0.25, 0.3) is 0 Å². The standard InChI is InChI=1S/C23H24F2N2O3S/c1-15(28)21(16-5-3-2-4-6-16)22(29)26-11-17-13-27(14-18(17)12-26)31-20-9-7-19(8-10-20)30-23(24)25/h2-10,15,21,23,28H,11-14H2,1H3. The van der Waals surface area contributed by atoms with Crippen LogP contribution in [0.1, 0.15) is 18.4 Å². The fourth-order valence-electron chi connectivity index (χ4n) is 4.08. The molecule has 2 aromatic carbocycles. The van der Waals surface area contributed by atoms with Gasteiger partial charge < -0.3 is 14.7 Å². The number of carbonyl (C=O) groups excluding carboxylic acids is 1. The van der Waals surface area contributed by atoms with Crippen molar-refractivity contribution in [2.45, 2.75) is 30.5 Å². The summed E-state index contributed by atoms with van der Waals surface area (Å²) >= 11 is 1.56. The first-order valence-corrected chi connectivity index (χ1v) is 10.9. The summed E-state index contributed by atoms with van der Waals surface area (Å²) in [5.41, 5.74) is 3.29. The topological polar surface area (TPSA) is 53.0 Å². The van der Waals surface area contributed by atoms with E-state index in [4.69, 9.17) is 0 Å². The number of carbonyl (C=O) groups is 1. The normalized spacial score (nSPS) is 18.4. The predicted octanol–water partition coefficient (Wildman–Crippen LogP) is 3.91. The first-order chi connectivity index (χ1) is 14.9. The van der Waals surface area contributed by atoms with E-state index < -0.39 is 18.6 Å². The van der Waals surface area contributed by atoms with Crippen LogP contribution in [-0.2, 0) is 4.79 Å². The molecule has 2 heterocycles. The molecule has 0 radical (unpaired) electrons. The first kappa shape index (κ1) is 21.8. The van der Waals surface area contributed by atoms with E-state index in [-0.39, 0.29) is 11.7 Å². The zero-order chi connectivity index (χ0) is 22.0. The minimum atomic E-state index is -2.83. The van der Waals surface area contributed by atoms with Crippen LogP contribution in [0.25, 0.3) is 0 Å². The minimum Gasteiger partial charge on any atom is -0.435 e. The number of aliphatic hydroxyl groups excluding tert-OH is 1. The highest BCUT2D eigenvalue weighted by Gasteiger charge is 2.37. The third-order valence-corrected chi connectivity index (χ3v) is 6.50. The van der Waals surface area contributed by atoms with Gasteiger partial charge in [-0.15, -0.1) is 0 Å². The molecule has 0 bridgehead atoms. The lowest BCUT2D eigenvalue weighted by Gasteiger charge is -2.28. The second kappa shape index (κ2) is 9.38. The van der Waals surface area contributed by atoms with Gasteiger partial charge in [-0.05, 0) is 59.8 Å². The molecular formula is C23H24F2N2O3S. The maximum atomic E-state index is 13.2. The maximum absolute atomic E-state index is 13.2. The lowest BCUT2D eigenvalue weighted by molar-refractivity contribution is -0.134. The van der Waals surface area contributed by atoms with Crippen molar-refractivity contribution in [3.05, 3.63) is 71.3 Å². The number of aliphatic hydroxyl groups is 1. The molecule has 5 nitrogen and oxygen atoms in total. The zero-order valence-corrected chi connectivity index (χ0v) is 17.9. The Kier molecular flexibility index (Phi) is 6.60. The van der Waals surface area contributed by atoms with Gasteiger partial charge in [0.1, 0.15) is 5.75 Å². The molecule has 164 valence electrons. The summed E-state index contributed by atoms with van der Waals surface area (Å²) < 4.78 is 31.1. The summed E-state index contributed by atoms with van der Waals surface area (Å²) in [5, 5.41) is 10.3. The summed E-state index contributed by atoms with van der Waals surface area (Å²) in [6, 6.07) is 16.0. The van der Waals surface area contributed by atoms with Gasteiger partial charge in [-0.1, -0.05) is 30.3 Å². The molecule has 0 saturated heterocycles. The highest BCUT2D eigenvalue weighted by atomic mass is 32.2. The molecule has 0 spiro atoms.